The van der Waals surface area contributed by atoms with Gasteiger partial charge in [-0.25, -0.2) is 4.98 Å². The van der Waals surface area contributed by atoms with E-state index in [4.69, 9.17) is 4.42 Å². The third-order valence-corrected chi connectivity index (χ3v) is 5.36. The van der Waals surface area contributed by atoms with Crippen molar-refractivity contribution < 1.29 is 9.21 Å². The van der Waals surface area contributed by atoms with Crippen LogP contribution in [0, 0.1) is 12.8 Å². The van der Waals surface area contributed by atoms with E-state index in [-0.39, 0.29) is 5.91 Å². The van der Waals surface area contributed by atoms with Crippen LogP contribution in [0.2, 0.25) is 0 Å². The maximum Gasteiger partial charge on any atom is 0.252 e. The number of aromatic nitrogens is 2. The van der Waals surface area contributed by atoms with Crippen molar-refractivity contribution in [3.8, 4) is 11.4 Å². The Kier molecular flexibility index (Phi) is 5.58. The van der Waals surface area contributed by atoms with E-state index in [2.05, 4.69) is 26.3 Å². The van der Waals surface area contributed by atoms with Crippen LogP contribution >= 0.6 is 0 Å². The molecule has 1 aliphatic heterocycles. The Labute approximate surface area is 165 Å². The smallest absolute Gasteiger partial charge is 0.252 e. The van der Waals surface area contributed by atoms with Gasteiger partial charge in [0.1, 0.15) is 17.3 Å². The maximum absolute atomic E-state index is 12.7. The summed E-state index contributed by atoms with van der Waals surface area (Å²) in [6.07, 6.45) is 5.63. The number of hydrogen-bond donors (Lipinski definition) is 2. The van der Waals surface area contributed by atoms with Gasteiger partial charge in [0.25, 0.3) is 5.91 Å². The van der Waals surface area contributed by atoms with E-state index in [1.165, 1.54) is 0 Å². The summed E-state index contributed by atoms with van der Waals surface area (Å²) in [5, 5.41) is 3.12. The number of nitrogens with one attached hydrogen (secondary N) is 2. The molecule has 0 radical (unpaired) electrons. The topological polar surface area (TPSA) is 74.2 Å². The zero-order valence-electron chi connectivity index (χ0n) is 16.1. The summed E-state index contributed by atoms with van der Waals surface area (Å²) in [6, 6.07) is 11.6. The Morgan fingerprint density at radius 3 is 2.79 bits per heavy atom. The number of amides is 1. The summed E-state index contributed by atoms with van der Waals surface area (Å²) in [6.45, 7) is 5.61. The number of aromatic amines is 1. The van der Waals surface area contributed by atoms with E-state index >= 15 is 0 Å². The maximum atomic E-state index is 12.7. The standard InChI is InChI=1S/C22H26N4O2/c1-16-6-7-18(28-16)15-26-12-8-17(9-13-26)14-25-22(27)20-5-3-2-4-19(20)21-23-10-11-24-21/h2-7,10-11,17H,8-9,12-15H2,1H3,(H,23,24)(H,25,27). The van der Waals surface area contributed by atoms with Crippen molar-refractivity contribution in [1.82, 2.24) is 20.2 Å². The highest BCUT2D eigenvalue weighted by Gasteiger charge is 2.21. The number of likely N-dealkylation sites (tertiary alicyclic amines) is 1. The van der Waals surface area contributed by atoms with Crippen molar-refractivity contribution in [2.45, 2.75) is 26.3 Å². The van der Waals surface area contributed by atoms with Crippen LogP contribution in [0.1, 0.15) is 34.7 Å². The van der Waals surface area contributed by atoms with E-state index < -0.39 is 0 Å². The third kappa shape index (κ3) is 4.34. The average Bonchev–Trinajstić information content (AvgIpc) is 3.39. The Balaban J connectivity index is 1.28. The molecule has 0 atom stereocenters. The first kappa shape index (κ1) is 18.5. The number of hydrogen-bond acceptors (Lipinski definition) is 4. The Morgan fingerprint density at radius 2 is 2.07 bits per heavy atom. The van der Waals surface area contributed by atoms with Gasteiger partial charge in [0, 0.05) is 24.5 Å². The van der Waals surface area contributed by atoms with Crippen molar-refractivity contribution in [3.05, 3.63) is 65.9 Å². The SMILES string of the molecule is Cc1ccc(CN2CCC(CNC(=O)c3ccccc3-c3ncc[nH]3)CC2)o1. The first-order valence-corrected chi connectivity index (χ1v) is 9.83. The largest absolute Gasteiger partial charge is 0.465 e. The number of nitrogens with zero attached hydrogens (tertiary/aromatic N) is 2. The molecule has 1 aromatic carbocycles. The molecule has 4 rings (SSSR count). The van der Waals surface area contributed by atoms with Gasteiger partial charge in [-0.1, -0.05) is 18.2 Å². The highest BCUT2D eigenvalue weighted by molar-refractivity contribution is 6.00. The summed E-state index contributed by atoms with van der Waals surface area (Å²) in [5.74, 6) is 3.17. The Bertz CT molecular complexity index is 908. The lowest BCUT2D eigenvalue weighted by Crippen LogP contribution is -2.38. The summed E-state index contributed by atoms with van der Waals surface area (Å²) >= 11 is 0. The lowest BCUT2D eigenvalue weighted by atomic mass is 9.96. The van der Waals surface area contributed by atoms with Crippen LogP contribution in [-0.2, 0) is 6.54 Å². The van der Waals surface area contributed by atoms with Crippen LogP contribution in [0.15, 0.2) is 53.2 Å². The molecular formula is C22H26N4O2. The number of aryl methyl sites for hydroxylation is 1. The lowest BCUT2D eigenvalue weighted by molar-refractivity contribution is 0.0934. The molecule has 2 N–H and O–H groups in total. The predicted octanol–water partition coefficient (Wildman–Crippen LogP) is 3.62. The zero-order valence-corrected chi connectivity index (χ0v) is 16.1. The van der Waals surface area contributed by atoms with Gasteiger partial charge in [-0.3, -0.25) is 9.69 Å². The molecule has 1 saturated heterocycles. The average molecular weight is 378 g/mol. The minimum atomic E-state index is -0.0412. The number of rotatable bonds is 6. The Morgan fingerprint density at radius 1 is 1.25 bits per heavy atom. The van der Waals surface area contributed by atoms with Crippen LogP contribution in [0.25, 0.3) is 11.4 Å². The van der Waals surface area contributed by atoms with Gasteiger partial charge in [0.2, 0.25) is 0 Å². The molecule has 0 spiro atoms. The van der Waals surface area contributed by atoms with E-state index in [9.17, 15) is 4.79 Å². The van der Waals surface area contributed by atoms with Gasteiger partial charge in [-0.2, -0.15) is 0 Å². The Hall–Kier alpha value is -2.86. The van der Waals surface area contributed by atoms with Gasteiger partial charge in [-0.15, -0.1) is 0 Å². The molecule has 3 heterocycles. The number of piperidine rings is 1. The second kappa shape index (κ2) is 8.44. The molecule has 1 aliphatic rings. The first-order valence-electron chi connectivity index (χ1n) is 9.83. The van der Waals surface area contributed by atoms with Crippen LogP contribution in [-0.4, -0.2) is 40.4 Å². The fourth-order valence-corrected chi connectivity index (χ4v) is 3.77. The summed E-state index contributed by atoms with van der Waals surface area (Å²) in [5.41, 5.74) is 1.48. The van der Waals surface area contributed by atoms with Crippen LogP contribution in [0.4, 0.5) is 0 Å². The first-order chi connectivity index (χ1) is 13.7. The van der Waals surface area contributed by atoms with Gasteiger partial charge < -0.3 is 14.7 Å². The molecule has 0 saturated carbocycles. The summed E-state index contributed by atoms with van der Waals surface area (Å²) < 4.78 is 5.68. The lowest BCUT2D eigenvalue weighted by Gasteiger charge is -2.31. The van der Waals surface area contributed by atoms with Crippen molar-refractivity contribution >= 4 is 5.91 Å². The minimum Gasteiger partial charge on any atom is -0.465 e. The third-order valence-electron chi connectivity index (χ3n) is 5.36. The normalized spacial score (nSPS) is 15.6. The van der Waals surface area contributed by atoms with E-state index in [1.54, 1.807) is 12.4 Å². The van der Waals surface area contributed by atoms with Crippen molar-refractivity contribution in [2.75, 3.05) is 19.6 Å². The number of imidazole rings is 1. The van der Waals surface area contributed by atoms with Gasteiger partial charge in [-0.05, 0) is 57.0 Å². The van der Waals surface area contributed by atoms with Gasteiger partial charge in [0.15, 0.2) is 0 Å². The monoisotopic (exact) mass is 378 g/mol. The molecule has 2 aromatic heterocycles. The highest BCUT2D eigenvalue weighted by atomic mass is 16.3. The molecular weight excluding hydrogens is 352 g/mol. The number of carbonyl (C=O) groups is 1. The molecule has 6 nitrogen and oxygen atoms in total. The molecule has 146 valence electrons. The second-order valence-electron chi connectivity index (χ2n) is 7.43. The minimum absolute atomic E-state index is 0.0412. The number of benzene rings is 1. The van der Waals surface area contributed by atoms with E-state index in [1.807, 2.05) is 37.3 Å². The fourth-order valence-electron chi connectivity index (χ4n) is 3.77. The van der Waals surface area contributed by atoms with E-state index in [0.717, 1.165) is 49.6 Å². The fraction of sp³-hybridized carbons (Fsp3) is 0.364. The predicted molar refractivity (Wildman–Crippen MR) is 108 cm³/mol. The van der Waals surface area contributed by atoms with Gasteiger partial charge >= 0.3 is 0 Å². The van der Waals surface area contributed by atoms with Crippen molar-refractivity contribution in [3.63, 3.8) is 0 Å². The quantitative estimate of drug-likeness (QED) is 0.687. The van der Waals surface area contributed by atoms with Crippen LogP contribution < -0.4 is 5.32 Å². The summed E-state index contributed by atoms with van der Waals surface area (Å²) in [7, 11) is 0. The zero-order chi connectivity index (χ0) is 19.3. The van der Waals surface area contributed by atoms with Crippen molar-refractivity contribution in [2.24, 2.45) is 5.92 Å². The summed E-state index contributed by atoms with van der Waals surface area (Å²) in [4.78, 5) is 22.5. The van der Waals surface area contributed by atoms with Crippen LogP contribution in [0.3, 0.4) is 0 Å². The molecule has 28 heavy (non-hydrogen) atoms. The second-order valence-corrected chi connectivity index (χ2v) is 7.43. The number of carbonyl (C=O) groups excluding carboxylic acids is 1. The molecule has 6 heteroatoms. The number of furan rings is 1. The molecule has 1 fully saturated rings. The molecule has 1 amide bonds. The number of H-pyrrole nitrogens is 1. The molecule has 0 aliphatic carbocycles. The molecule has 0 bridgehead atoms. The van der Waals surface area contributed by atoms with Crippen molar-refractivity contribution in [1.29, 1.82) is 0 Å². The highest BCUT2D eigenvalue weighted by Crippen LogP contribution is 2.21. The molecule has 0 unspecified atom stereocenters. The van der Waals surface area contributed by atoms with Crippen LogP contribution in [0.5, 0.6) is 0 Å². The van der Waals surface area contributed by atoms with Gasteiger partial charge in [0.05, 0.1) is 12.1 Å². The van der Waals surface area contributed by atoms with E-state index in [0.29, 0.717) is 23.9 Å². The molecule has 3 aromatic rings.